The Labute approximate surface area is 119 Å². The number of ether oxygens (including phenoxy) is 1. The number of anilines is 1. The maximum atomic E-state index is 12.9. The molecule has 0 saturated heterocycles. The molecule has 0 radical (unpaired) electrons. The van der Waals surface area contributed by atoms with Gasteiger partial charge >= 0.3 is 0 Å². The molecule has 0 aromatic heterocycles. The van der Waals surface area contributed by atoms with Crippen molar-refractivity contribution in [2.75, 3.05) is 31.2 Å². The van der Waals surface area contributed by atoms with Crippen molar-refractivity contribution in [1.29, 1.82) is 0 Å². The first-order valence-corrected chi connectivity index (χ1v) is 7.02. The van der Waals surface area contributed by atoms with Crippen molar-refractivity contribution >= 4 is 11.6 Å². The van der Waals surface area contributed by atoms with E-state index in [1.807, 2.05) is 6.92 Å². The lowest BCUT2D eigenvalue weighted by atomic mass is 10.2. The SMILES string of the molecule is CCCOCCC(=O)N(CCCN)c1ccc(F)cc1. The summed E-state index contributed by atoms with van der Waals surface area (Å²) in [4.78, 5) is 13.8. The molecule has 0 aliphatic carbocycles. The number of benzene rings is 1. The Morgan fingerprint density at radius 1 is 1.30 bits per heavy atom. The monoisotopic (exact) mass is 282 g/mol. The third-order valence-electron chi connectivity index (χ3n) is 2.83. The molecule has 0 spiro atoms. The third kappa shape index (κ3) is 5.67. The highest BCUT2D eigenvalue weighted by atomic mass is 19.1. The Morgan fingerprint density at radius 2 is 2.00 bits per heavy atom. The van der Waals surface area contributed by atoms with Crippen LogP contribution in [-0.4, -0.2) is 32.2 Å². The number of rotatable bonds is 9. The van der Waals surface area contributed by atoms with Gasteiger partial charge in [-0.1, -0.05) is 6.92 Å². The zero-order valence-corrected chi connectivity index (χ0v) is 12.0. The second-order valence-electron chi connectivity index (χ2n) is 4.53. The molecule has 0 fully saturated rings. The standard InChI is InChI=1S/C15H23FN2O2/c1-2-11-20-12-8-15(19)18(10-3-9-17)14-6-4-13(16)5-7-14/h4-7H,2-3,8-12,17H2,1H3. The fraction of sp³-hybridized carbons (Fsp3) is 0.533. The van der Waals surface area contributed by atoms with Gasteiger partial charge in [-0.25, -0.2) is 4.39 Å². The molecule has 0 unspecified atom stereocenters. The number of hydrogen-bond acceptors (Lipinski definition) is 3. The molecule has 0 aliphatic heterocycles. The first-order chi connectivity index (χ1) is 9.69. The molecule has 4 nitrogen and oxygen atoms in total. The van der Waals surface area contributed by atoms with Crippen molar-refractivity contribution in [2.24, 2.45) is 5.73 Å². The number of amides is 1. The fourth-order valence-electron chi connectivity index (χ4n) is 1.81. The van der Waals surface area contributed by atoms with Crippen LogP contribution in [0.25, 0.3) is 0 Å². The van der Waals surface area contributed by atoms with Crippen LogP contribution in [0.3, 0.4) is 0 Å². The Balaban J connectivity index is 2.62. The van der Waals surface area contributed by atoms with E-state index in [2.05, 4.69) is 0 Å². The molecular weight excluding hydrogens is 259 g/mol. The van der Waals surface area contributed by atoms with Crippen molar-refractivity contribution in [3.8, 4) is 0 Å². The maximum absolute atomic E-state index is 12.9. The summed E-state index contributed by atoms with van der Waals surface area (Å²) in [5, 5.41) is 0. The molecule has 0 bridgehead atoms. The first kappa shape index (κ1) is 16.6. The van der Waals surface area contributed by atoms with E-state index in [0.29, 0.717) is 44.8 Å². The van der Waals surface area contributed by atoms with Crippen LogP contribution < -0.4 is 10.6 Å². The Bertz CT molecular complexity index is 395. The summed E-state index contributed by atoms with van der Waals surface area (Å²) >= 11 is 0. The minimum atomic E-state index is -0.314. The van der Waals surface area contributed by atoms with Crippen molar-refractivity contribution in [1.82, 2.24) is 0 Å². The fourth-order valence-corrected chi connectivity index (χ4v) is 1.81. The minimum absolute atomic E-state index is 0.0267. The average molecular weight is 282 g/mol. The molecule has 0 saturated carbocycles. The molecule has 0 aliphatic rings. The lowest BCUT2D eigenvalue weighted by molar-refractivity contribution is -0.119. The van der Waals surface area contributed by atoms with Gasteiger partial charge in [0.05, 0.1) is 13.0 Å². The molecule has 1 amide bonds. The molecular formula is C15H23FN2O2. The van der Waals surface area contributed by atoms with E-state index in [1.54, 1.807) is 17.0 Å². The zero-order chi connectivity index (χ0) is 14.8. The van der Waals surface area contributed by atoms with E-state index in [0.717, 1.165) is 6.42 Å². The van der Waals surface area contributed by atoms with Gasteiger partial charge in [-0.15, -0.1) is 0 Å². The summed E-state index contributed by atoms with van der Waals surface area (Å²) < 4.78 is 18.3. The topological polar surface area (TPSA) is 55.6 Å². The molecule has 20 heavy (non-hydrogen) atoms. The molecule has 0 heterocycles. The molecule has 0 atom stereocenters. The van der Waals surface area contributed by atoms with E-state index in [1.165, 1.54) is 12.1 Å². The second-order valence-corrected chi connectivity index (χ2v) is 4.53. The minimum Gasteiger partial charge on any atom is -0.381 e. The Hall–Kier alpha value is -1.46. The maximum Gasteiger partial charge on any atom is 0.229 e. The van der Waals surface area contributed by atoms with Gasteiger partial charge in [0.15, 0.2) is 0 Å². The van der Waals surface area contributed by atoms with Crippen molar-refractivity contribution < 1.29 is 13.9 Å². The Morgan fingerprint density at radius 3 is 2.60 bits per heavy atom. The van der Waals surface area contributed by atoms with E-state index >= 15 is 0 Å². The van der Waals surface area contributed by atoms with Gasteiger partial charge in [0, 0.05) is 18.8 Å². The van der Waals surface area contributed by atoms with Crippen LogP contribution in [0.4, 0.5) is 10.1 Å². The van der Waals surface area contributed by atoms with Crippen molar-refractivity contribution in [3.05, 3.63) is 30.1 Å². The predicted molar refractivity (Wildman–Crippen MR) is 78.2 cm³/mol. The zero-order valence-electron chi connectivity index (χ0n) is 12.0. The van der Waals surface area contributed by atoms with Crippen LogP contribution in [-0.2, 0) is 9.53 Å². The molecule has 112 valence electrons. The summed E-state index contributed by atoms with van der Waals surface area (Å²) in [6.45, 7) is 4.14. The number of nitrogens with two attached hydrogens (primary N) is 1. The smallest absolute Gasteiger partial charge is 0.229 e. The number of carbonyl (C=O) groups excluding carboxylic acids is 1. The van der Waals surface area contributed by atoms with Crippen LogP contribution in [0.5, 0.6) is 0 Å². The van der Waals surface area contributed by atoms with Gasteiger partial charge in [0.2, 0.25) is 5.91 Å². The van der Waals surface area contributed by atoms with Gasteiger partial charge in [0.1, 0.15) is 5.82 Å². The number of hydrogen-bond donors (Lipinski definition) is 1. The summed E-state index contributed by atoms with van der Waals surface area (Å²) in [6.07, 6.45) is 1.96. The molecule has 2 N–H and O–H groups in total. The lowest BCUT2D eigenvalue weighted by Gasteiger charge is -2.22. The van der Waals surface area contributed by atoms with Gasteiger partial charge in [0.25, 0.3) is 0 Å². The van der Waals surface area contributed by atoms with E-state index < -0.39 is 0 Å². The average Bonchev–Trinajstić information content (AvgIpc) is 2.46. The Kier molecular flexibility index (Phi) is 7.84. The predicted octanol–water partition coefficient (Wildman–Crippen LogP) is 2.32. The van der Waals surface area contributed by atoms with Gasteiger partial charge in [-0.3, -0.25) is 4.79 Å². The van der Waals surface area contributed by atoms with E-state index in [4.69, 9.17) is 10.5 Å². The van der Waals surface area contributed by atoms with Crippen LogP contribution in [0.1, 0.15) is 26.2 Å². The number of nitrogens with zero attached hydrogens (tertiary/aromatic N) is 1. The highest BCUT2D eigenvalue weighted by Crippen LogP contribution is 2.16. The second kappa shape index (κ2) is 9.44. The number of halogens is 1. The van der Waals surface area contributed by atoms with E-state index in [9.17, 15) is 9.18 Å². The first-order valence-electron chi connectivity index (χ1n) is 7.02. The highest BCUT2D eigenvalue weighted by molar-refractivity contribution is 5.93. The largest absolute Gasteiger partial charge is 0.381 e. The summed E-state index contributed by atoms with van der Waals surface area (Å²) in [7, 11) is 0. The van der Waals surface area contributed by atoms with Gasteiger partial charge in [-0.05, 0) is 43.7 Å². The normalized spacial score (nSPS) is 10.6. The van der Waals surface area contributed by atoms with Gasteiger partial charge in [-0.2, -0.15) is 0 Å². The molecule has 1 aromatic carbocycles. The van der Waals surface area contributed by atoms with Crippen LogP contribution in [0, 0.1) is 5.82 Å². The van der Waals surface area contributed by atoms with E-state index in [-0.39, 0.29) is 11.7 Å². The highest BCUT2D eigenvalue weighted by Gasteiger charge is 2.15. The quantitative estimate of drug-likeness (QED) is 0.707. The van der Waals surface area contributed by atoms with Crippen molar-refractivity contribution in [2.45, 2.75) is 26.2 Å². The lowest BCUT2D eigenvalue weighted by Crippen LogP contribution is -2.33. The van der Waals surface area contributed by atoms with Crippen LogP contribution >= 0.6 is 0 Å². The molecule has 1 aromatic rings. The summed E-state index contributed by atoms with van der Waals surface area (Å²) in [5.41, 5.74) is 6.19. The summed E-state index contributed by atoms with van der Waals surface area (Å²) in [6, 6.07) is 5.92. The molecule has 5 heteroatoms. The van der Waals surface area contributed by atoms with Crippen LogP contribution in [0.15, 0.2) is 24.3 Å². The molecule has 1 rings (SSSR count). The number of carbonyl (C=O) groups is 1. The van der Waals surface area contributed by atoms with Crippen LogP contribution in [0.2, 0.25) is 0 Å². The van der Waals surface area contributed by atoms with Gasteiger partial charge < -0.3 is 15.4 Å². The third-order valence-corrected chi connectivity index (χ3v) is 2.83. The summed E-state index contributed by atoms with van der Waals surface area (Å²) in [5.74, 6) is -0.340. The van der Waals surface area contributed by atoms with Crippen molar-refractivity contribution in [3.63, 3.8) is 0 Å².